The zero-order chi connectivity index (χ0) is 14.2. The van der Waals surface area contributed by atoms with Gasteiger partial charge in [-0.15, -0.1) is 11.8 Å². The number of aliphatic hydroxyl groups excluding tert-OH is 1. The average molecular weight is 290 g/mol. The van der Waals surface area contributed by atoms with E-state index in [-0.39, 0.29) is 12.4 Å². The molecule has 20 heavy (non-hydrogen) atoms. The second-order valence-corrected chi connectivity index (χ2v) is 5.15. The molecule has 0 spiro atoms. The molecule has 0 bridgehead atoms. The van der Waals surface area contributed by atoms with E-state index in [0.717, 1.165) is 22.8 Å². The Kier molecular flexibility index (Phi) is 5.72. The van der Waals surface area contributed by atoms with Crippen molar-refractivity contribution in [2.24, 2.45) is 0 Å². The molecule has 104 valence electrons. The minimum absolute atomic E-state index is 0.00664. The third-order valence-electron chi connectivity index (χ3n) is 2.58. The first kappa shape index (κ1) is 14.7. The molecule has 0 amide bonds. The molecule has 2 rings (SSSR count). The Morgan fingerprint density at radius 2 is 2.15 bits per heavy atom. The van der Waals surface area contributed by atoms with Crippen LogP contribution in [0.5, 0.6) is 0 Å². The monoisotopic (exact) mass is 290 g/mol. The molecule has 0 saturated carbocycles. The van der Waals surface area contributed by atoms with Gasteiger partial charge in [0.25, 0.3) is 0 Å². The lowest BCUT2D eigenvalue weighted by molar-refractivity contribution is 0.305. The van der Waals surface area contributed by atoms with E-state index in [0.29, 0.717) is 12.0 Å². The molecule has 0 unspecified atom stereocenters. The van der Waals surface area contributed by atoms with E-state index in [4.69, 9.17) is 9.52 Å². The van der Waals surface area contributed by atoms with Gasteiger partial charge >= 0.3 is 0 Å². The standard InChI is InChI=1S/C16H15FO2S/c17-16-7-6-13(10-14(16)4-1-2-8-18)11-20-12-15-5-3-9-19-15/h3,5-7,9-10,18H,2,8,11-12H2. The maximum Gasteiger partial charge on any atom is 0.138 e. The summed E-state index contributed by atoms with van der Waals surface area (Å²) in [6.45, 7) is -0.00664. The highest BCUT2D eigenvalue weighted by Crippen LogP contribution is 2.19. The normalized spacial score (nSPS) is 10.1. The molecule has 2 aromatic rings. The summed E-state index contributed by atoms with van der Waals surface area (Å²) >= 11 is 1.70. The SMILES string of the molecule is OCCC#Cc1cc(CSCc2ccco2)ccc1F. The summed E-state index contributed by atoms with van der Waals surface area (Å²) in [6, 6.07) is 8.76. The summed E-state index contributed by atoms with van der Waals surface area (Å²) in [5.74, 6) is 7.65. The fourth-order valence-corrected chi connectivity index (χ4v) is 2.52. The van der Waals surface area contributed by atoms with Crippen LogP contribution in [0.15, 0.2) is 41.0 Å². The van der Waals surface area contributed by atoms with Crippen molar-refractivity contribution in [3.63, 3.8) is 0 Å². The fourth-order valence-electron chi connectivity index (χ4n) is 1.64. The minimum Gasteiger partial charge on any atom is -0.468 e. The molecule has 4 heteroatoms. The summed E-state index contributed by atoms with van der Waals surface area (Å²) in [5, 5.41) is 8.67. The van der Waals surface area contributed by atoms with Crippen molar-refractivity contribution in [1.29, 1.82) is 0 Å². The molecule has 2 nitrogen and oxygen atoms in total. The van der Waals surface area contributed by atoms with E-state index < -0.39 is 0 Å². The lowest BCUT2D eigenvalue weighted by Crippen LogP contribution is -1.89. The smallest absolute Gasteiger partial charge is 0.138 e. The zero-order valence-electron chi connectivity index (χ0n) is 10.9. The second kappa shape index (κ2) is 7.78. The summed E-state index contributed by atoms with van der Waals surface area (Å²) < 4.78 is 18.8. The highest BCUT2D eigenvalue weighted by Gasteiger charge is 2.02. The number of aliphatic hydroxyl groups is 1. The van der Waals surface area contributed by atoms with Crippen LogP contribution < -0.4 is 0 Å². The van der Waals surface area contributed by atoms with Crippen LogP contribution in [0.4, 0.5) is 4.39 Å². The number of rotatable bonds is 5. The summed E-state index contributed by atoms with van der Waals surface area (Å²) in [5.41, 5.74) is 1.41. The van der Waals surface area contributed by atoms with Crippen molar-refractivity contribution in [3.8, 4) is 11.8 Å². The minimum atomic E-state index is -0.324. The molecular formula is C16H15FO2S. The van der Waals surface area contributed by atoms with Crippen molar-refractivity contribution in [3.05, 3.63) is 59.3 Å². The van der Waals surface area contributed by atoms with Gasteiger partial charge in [0.2, 0.25) is 0 Å². The van der Waals surface area contributed by atoms with Gasteiger partial charge in [-0.3, -0.25) is 0 Å². The van der Waals surface area contributed by atoms with Gasteiger partial charge in [0.15, 0.2) is 0 Å². The molecule has 0 aliphatic heterocycles. The molecule has 0 radical (unpaired) electrons. The summed E-state index contributed by atoms with van der Waals surface area (Å²) in [4.78, 5) is 0. The van der Waals surface area contributed by atoms with Gasteiger partial charge in [-0.1, -0.05) is 17.9 Å². The highest BCUT2D eigenvalue weighted by atomic mass is 32.2. The number of furan rings is 1. The van der Waals surface area contributed by atoms with Gasteiger partial charge in [0.05, 0.1) is 24.2 Å². The predicted molar refractivity (Wildman–Crippen MR) is 78.7 cm³/mol. The highest BCUT2D eigenvalue weighted by molar-refractivity contribution is 7.97. The van der Waals surface area contributed by atoms with Gasteiger partial charge in [-0.05, 0) is 29.8 Å². The van der Waals surface area contributed by atoms with E-state index in [9.17, 15) is 4.39 Å². The van der Waals surface area contributed by atoms with Crippen LogP contribution in [0.2, 0.25) is 0 Å². The van der Waals surface area contributed by atoms with Crippen LogP contribution in [0, 0.1) is 17.7 Å². The molecule has 1 aromatic carbocycles. The quantitative estimate of drug-likeness (QED) is 0.854. The first-order valence-electron chi connectivity index (χ1n) is 6.28. The molecular weight excluding hydrogens is 275 g/mol. The van der Waals surface area contributed by atoms with Crippen LogP contribution in [0.25, 0.3) is 0 Å². The second-order valence-electron chi connectivity index (χ2n) is 4.16. The van der Waals surface area contributed by atoms with Crippen LogP contribution in [-0.4, -0.2) is 11.7 Å². The van der Waals surface area contributed by atoms with Crippen molar-refractivity contribution >= 4 is 11.8 Å². The van der Waals surface area contributed by atoms with Gasteiger partial charge in [0, 0.05) is 12.2 Å². The lowest BCUT2D eigenvalue weighted by Gasteiger charge is -2.02. The summed E-state index contributed by atoms with van der Waals surface area (Å²) in [7, 11) is 0. The molecule has 1 N–H and O–H groups in total. The number of halogens is 1. The van der Waals surface area contributed by atoms with E-state index in [2.05, 4.69) is 11.8 Å². The molecule has 0 atom stereocenters. The molecule has 1 aromatic heterocycles. The van der Waals surface area contributed by atoms with Crippen LogP contribution in [0.3, 0.4) is 0 Å². The van der Waals surface area contributed by atoms with Crippen LogP contribution in [-0.2, 0) is 11.5 Å². The third-order valence-corrected chi connectivity index (χ3v) is 3.61. The van der Waals surface area contributed by atoms with Crippen LogP contribution in [0.1, 0.15) is 23.3 Å². The van der Waals surface area contributed by atoms with E-state index in [1.54, 1.807) is 30.2 Å². The number of hydrogen-bond acceptors (Lipinski definition) is 3. The zero-order valence-corrected chi connectivity index (χ0v) is 11.8. The maximum absolute atomic E-state index is 13.6. The first-order valence-corrected chi connectivity index (χ1v) is 7.43. The molecule has 0 saturated heterocycles. The number of thioether (sulfide) groups is 1. The van der Waals surface area contributed by atoms with E-state index in [1.807, 2.05) is 12.1 Å². The number of benzene rings is 1. The Hall–Kier alpha value is -1.70. The Balaban J connectivity index is 1.95. The maximum atomic E-state index is 13.6. The molecule has 0 aliphatic rings. The number of hydrogen-bond donors (Lipinski definition) is 1. The Labute approximate surface area is 122 Å². The van der Waals surface area contributed by atoms with Gasteiger partial charge < -0.3 is 9.52 Å². The van der Waals surface area contributed by atoms with Crippen molar-refractivity contribution < 1.29 is 13.9 Å². The van der Waals surface area contributed by atoms with Crippen molar-refractivity contribution in [2.75, 3.05) is 6.61 Å². The summed E-state index contributed by atoms with van der Waals surface area (Å²) in [6.07, 6.45) is 2.01. The van der Waals surface area contributed by atoms with E-state index in [1.165, 1.54) is 6.07 Å². The fraction of sp³-hybridized carbons (Fsp3) is 0.250. The predicted octanol–water partition coefficient (Wildman–Crippen LogP) is 3.59. The van der Waals surface area contributed by atoms with E-state index >= 15 is 0 Å². The Bertz CT molecular complexity index is 597. The topological polar surface area (TPSA) is 33.4 Å². The molecule has 0 aliphatic carbocycles. The Morgan fingerprint density at radius 1 is 1.25 bits per heavy atom. The largest absolute Gasteiger partial charge is 0.468 e. The average Bonchev–Trinajstić information content (AvgIpc) is 2.95. The Morgan fingerprint density at radius 3 is 2.90 bits per heavy atom. The molecule has 1 heterocycles. The third kappa shape index (κ3) is 4.44. The van der Waals surface area contributed by atoms with Crippen molar-refractivity contribution in [1.82, 2.24) is 0 Å². The van der Waals surface area contributed by atoms with Gasteiger partial charge in [0.1, 0.15) is 11.6 Å². The lowest BCUT2D eigenvalue weighted by atomic mass is 10.1. The first-order chi connectivity index (χ1) is 9.79. The van der Waals surface area contributed by atoms with Gasteiger partial charge in [-0.2, -0.15) is 0 Å². The van der Waals surface area contributed by atoms with Crippen LogP contribution >= 0.6 is 11.8 Å². The molecule has 0 fully saturated rings. The van der Waals surface area contributed by atoms with Crippen molar-refractivity contribution in [2.45, 2.75) is 17.9 Å². The van der Waals surface area contributed by atoms with Gasteiger partial charge in [-0.25, -0.2) is 4.39 Å².